The molecule has 0 saturated carbocycles. The molecule has 0 aliphatic carbocycles. The monoisotopic (exact) mass is 276 g/mol. The average molecular weight is 276 g/mol. The molecule has 0 fully saturated rings. The minimum absolute atomic E-state index is 0.100. The third-order valence-electron chi connectivity index (χ3n) is 3.59. The lowest BCUT2D eigenvalue weighted by Gasteiger charge is -2.24. The van der Waals surface area contributed by atoms with Crippen LogP contribution < -0.4 is 5.32 Å². The molecule has 0 aliphatic heterocycles. The minimum atomic E-state index is -0.178. The molecule has 1 rings (SSSR count). The predicted molar refractivity (Wildman–Crippen MR) is 84.8 cm³/mol. The Kier molecular flexibility index (Phi) is 5.35. The average Bonchev–Trinajstić information content (AvgIpc) is 2.36. The van der Waals surface area contributed by atoms with Gasteiger partial charge in [-0.1, -0.05) is 45.0 Å². The van der Waals surface area contributed by atoms with Gasteiger partial charge >= 0.3 is 0 Å². The molecule has 0 bridgehead atoms. The Balaban J connectivity index is 2.73. The lowest BCUT2D eigenvalue weighted by Crippen LogP contribution is -2.42. The molecule has 2 atom stereocenters. The summed E-state index contributed by atoms with van der Waals surface area (Å²) < 4.78 is 0. The van der Waals surface area contributed by atoms with E-state index in [0.29, 0.717) is 0 Å². The summed E-state index contributed by atoms with van der Waals surface area (Å²) in [7, 11) is 3.56. The molecule has 0 heterocycles. The van der Waals surface area contributed by atoms with Crippen LogP contribution in [-0.4, -0.2) is 30.9 Å². The number of carbonyl (C=O) groups is 1. The summed E-state index contributed by atoms with van der Waals surface area (Å²) in [4.78, 5) is 13.5. The Hall–Kier alpha value is -1.35. The van der Waals surface area contributed by atoms with Gasteiger partial charge in [0.05, 0.1) is 6.04 Å². The summed E-state index contributed by atoms with van der Waals surface area (Å²) in [6, 6.07) is 8.61. The summed E-state index contributed by atoms with van der Waals surface area (Å²) in [6.45, 7) is 10.6. The molecule has 20 heavy (non-hydrogen) atoms. The highest BCUT2D eigenvalue weighted by Gasteiger charge is 2.18. The molecule has 3 nitrogen and oxygen atoms in total. The first-order chi connectivity index (χ1) is 9.12. The minimum Gasteiger partial charge on any atom is -0.347 e. The second-order valence-corrected chi connectivity index (χ2v) is 6.71. The van der Waals surface area contributed by atoms with Gasteiger partial charge in [-0.15, -0.1) is 0 Å². The quantitative estimate of drug-likeness (QED) is 0.916. The Morgan fingerprint density at radius 1 is 1.10 bits per heavy atom. The maximum atomic E-state index is 11.9. The zero-order valence-electron chi connectivity index (χ0n) is 13.8. The van der Waals surface area contributed by atoms with E-state index in [1.54, 1.807) is 19.0 Å². The van der Waals surface area contributed by atoms with Gasteiger partial charge in [0.2, 0.25) is 5.91 Å². The molecular formula is C17H28N2O. The fourth-order valence-electron chi connectivity index (χ4n) is 2.20. The van der Waals surface area contributed by atoms with Crippen molar-refractivity contribution in [2.45, 2.75) is 52.1 Å². The van der Waals surface area contributed by atoms with Crippen LogP contribution in [0, 0.1) is 0 Å². The fourth-order valence-corrected chi connectivity index (χ4v) is 2.20. The SMILES string of the molecule is CC(NC(C)c1ccc(C(C)(C)C)cc1)C(=O)N(C)C. The van der Waals surface area contributed by atoms with Crippen molar-refractivity contribution in [2.24, 2.45) is 0 Å². The van der Waals surface area contributed by atoms with Crippen molar-refractivity contribution in [3.63, 3.8) is 0 Å². The van der Waals surface area contributed by atoms with Gasteiger partial charge in [-0.3, -0.25) is 10.1 Å². The lowest BCUT2D eigenvalue weighted by atomic mass is 9.86. The second kappa shape index (κ2) is 6.40. The number of likely N-dealkylation sites (N-methyl/N-ethyl adjacent to an activating group) is 1. The molecule has 3 heteroatoms. The summed E-state index contributed by atoms with van der Waals surface area (Å²) >= 11 is 0. The van der Waals surface area contributed by atoms with Gasteiger partial charge < -0.3 is 4.90 Å². The van der Waals surface area contributed by atoms with Crippen LogP contribution in [0.1, 0.15) is 51.8 Å². The van der Waals surface area contributed by atoms with Gasteiger partial charge in [-0.05, 0) is 30.4 Å². The molecule has 1 N–H and O–H groups in total. The molecule has 0 aliphatic rings. The predicted octanol–water partition coefficient (Wildman–Crippen LogP) is 3.11. The van der Waals surface area contributed by atoms with E-state index in [2.05, 4.69) is 57.3 Å². The first-order valence-electron chi connectivity index (χ1n) is 7.20. The lowest BCUT2D eigenvalue weighted by molar-refractivity contribution is -0.130. The van der Waals surface area contributed by atoms with Gasteiger partial charge in [-0.2, -0.15) is 0 Å². The molecule has 2 unspecified atom stereocenters. The van der Waals surface area contributed by atoms with E-state index in [1.165, 1.54) is 11.1 Å². The number of amides is 1. The maximum Gasteiger partial charge on any atom is 0.238 e. The normalized spacial score (nSPS) is 14.8. The van der Waals surface area contributed by atoms with Crippen molar-refractivity contribution in [2.75, 3.05) is 14.1 Å². The molecule has 0 radical (unpaired) electrons. The van der Waals surface area contributed by atoms with Crippen molar-refractivity contribution < 1.29 is 4.79 Å². The smallest absolute Gasteiger partial charge is 0.238 e. The second-order valence-electron chi connectivity index (χ2n) is 6.71. The molecule has 0 saturated heterocycles. The number of hydrogen-bond donors (Lipinski definition) is 1. The highest BCUT2D eigenvalue weighted by Crippen LogP contribution is 2.24. The zero-order valence-corrected chi connectivity index (χ0v) is 13.8. The van der Waals surface area contributed by atoms with E-state index >= 15 is 0 Å². The van der Waals surface area contributed by atoms with E-state index in [9.17, 15) is 4.79 Å². The van der Waals surface area contributed by atoms with Crippen molar-refractivity contribution in [3.05, 3.63) is 35.4 Å². The van der Waals surface area contributed by atoms with Crippen LogP contribution in [0.4, 0.5) is 0 Å². The number of hydrogen-bond acceptors (Lipinski definition) is 2. The third kappa shape index (κ3) is 4.34. The number of nitrogens with one attached hydrogen (secondary N) is 1. The van der Waals surface area contributed by atoms with Crippen LogP contribution in [0.15, 0.2) is 24.3 Å². The number of nitrogens with zero attached hydrogens (tertiary/aromatic N) is 1. The van der Waals surface area contributed by atoms with Crippen LogP contribution in [-0.2, 0) is 10.2 Å². The van der Waals surface area contributed by atoms with Gasteiger partial charge in [0.25, 0.3) is 0 Å². The van der Waals surface area contributed by atoms with Gasteiger partial charge in [0.1, 0.15) is 0 Å². The summed E-state index contributed by atoms with van der Waals surface area (Å²) in [6.07, 6.45) is 0. The van der Waals surface area contributed by atoms with E-state index < -0.39 is 0 Å². The molecule has 1 amide bonds. The van der Waals surface area contributed by atoms with Crippen molar-refractivity contribution in [1.29, 1.82) is 0 Å². The van der Waals surface area contributed by atoms with Crippen LogP contribution >= 0.6 is 0 Å². The highest BCUT2D eigenvalue weighted by molar-refractivity contribution is 5.80. The molecule has 112 valence electrons. The zero-order chi connectivity index (χ0) is 15.5. The van der Waals surface area contributed by atoms with Crippen molar-refractivity contribution in [1.82, 2.24) is 10.2 Å². The Bertz CT molecular complexity index is 443. The van der Waals surface area contributed by atoms with Crippen LogP contribution in [0.3, 0.4) is 0 Å². The number of rotatable bonds is 4. The fraction of sp³-hybridized carbons (Fsp3) is 0.588. The highest BCUT2D eigenvalue weighted by atomic mass is 16.2. The van der Waals surface area contributed by atoms with Gasteiger partial charge in [0.15, 0.2) is 0 Å². The molecule has 0 aromatic heterocycles. The van der Waals surface area contributed by atoms with E-state index in [1.807, 2.05) is 6.92 Å². The largest absolute Gasteiger partial charge is 0.347 e. The van der Waals surface area contributed by atoms with Crippen LogP contribution in [0.5, 0.6) is 0 Å². The van der Waals surface area contributed by atoms with E-state index in [0.717, 1.165) is 0 Å². The maximum absolute atomic E-state index is 11.9. The first kappa shape index (κ1) is 16.7. The standard InChI is InChI=1S/C17H28N2O/c1-12(18-13(2)16(20)19(6)7)14-8-10-15(11-9-14)17(3,4)5/h8-13,18H,1-7H3. The number of benzene rings is 1. The Labute approximate surface area is 123 Å². The summed E-state index contributed by atoms with van der Waals surface area (Å²) in [5.41, 5.74) is 2.70. The van der Waals surface area contributed by atoms with Crippen molar-refractivity contribution in [3.8, 4) is 0 Å². The molecular weight excluding hydrogens is 248 g/mol. The topological polar surface area (TPSA) is 32.3 Å². The van der Waals surface area contributed by atoms with E-state index in [-0.39, 0.29) is 23.4 Å². The summed E-state index contributed by atoms with van der Waals surface area (Å²) in [5, 5.41) is 3.34. The van der Waals surface area contributed by atoms with Gasteiger partial charge in [0, 0.05) is 20.1 Å². The molecule has 1 aromatic rings. The van der Waals surface area contributed by atoms with Crippen LogP contribution in [0.25, 0.3) is 0 Å². The van der Waals surface area contributed by atoms with Gasteiger partial charge in [-0.25, -0.2) is 0 Å². The van der Waals surface area contributed by atoms with E-state index in [4.69, 9.17) is 0 Å². The summed E-state index contributed by atoms with van der Waals surface area (Å²) in [5.74, 6) is 0.100. The van der Waals surface area contributed by atoms with Crippen molar-refractivity contribution >= 4 is 5.91 Å². The third-order valence-corrected chi connectivity index (χ3v) is 3.59. The Morgan fingerprint density at radius 2 is 1.60 bits per heavy atom. The Morgan fingerprint density at radius 3 is 2.00 bits per heavy atom. The number of carbonyl (C=O) groups excluding carboxylic acids is 1. The molecule has 1 aromatic carbocycles. The molecule has 0 spiro atoms. The first-order valence-corrected chi connectivity index (χ1v) is 7.20. The van der Waals surface area contributed by atoms with Crippen LogP contribution in [0.2, 0.25) is 0 Å².